The molecule has 1 aromatic heterocycles. The summed E-state index contributed by atoms with van der Waals surface area (Å²) >= 11 is 1.33. The molecule has 0 spiro atoms. The summed E-state index contributed by atoms with van der Waals surface area (Å²) in [6, 6.07) is 13.8. The summed E-state index contributed by atoms with van der Waals surface area (Å²) in [5, 5.41) is 15.1. The van der Waals surface area contributed by atoms with Crippen LogP contribution in [0.3, 0.4) is 0 Å². The fourth-order valence-electron chi connectivity index (χ4n) is 2.36. The first-order valence-corrected chi connectivity index (χ1v) is 9.22. The van der Waals surface area contributed by atoms with Crippen molar-refractivity contribution in [3.05, 3.63) is 59.2 Å². The number of nitrogens with one attached hydrogen (secondary N) is 1. The van der Waals surface area contributed by atoms with Gasteiger partial charge in [-0.05, 0) is 73.5 Å². The fraction of sp³-hybridized carbons (Fsp3) is 0.263. The zero-order chi connectivity index (χ0) is 18.7. The average Bonchev–Trinajstić information content (AvgIpc) is 3.07. The minimum atomic E-state index is -0.340. The maximum atomic E-state index is 12.5. The Kier molecular flexibility index (Phi) is 5.37. The van der Waals surface area contributed by atoms with Gasteiger partial charge in [0, 0.05) is 5.69 Å². The molecule has 3 rings (SSSR count). The predicted molar refractivity (Wildman–Crippen MR) is 104 cm³/mol. The molecule has 1 amide bonds. The molecule has 0 aliphatic heterocycles. The molecule has 0 aliphatic carbocycles. The van der Waals surface area contributed by atoms with Gasteiger partial charge in [0.15, 0.2) is 0 Å². The van der Waals surface area contributed by atoms with E-state index in [0.29, 0.717) is 5.16 Å². The van der Waals surface area contributed by atoms with E-state index in [1.54, 1.807) is 4.68 Å². The van der Waals surface area contributed by atoms with Gasteiger partial charge in [-0.2, -0.15) is 4.68 Å². The number of carbonyl (C=O) groups is 1. The molecular formula is C19H21N5OS. The Morgan fingerprint density at radius 3 is 2.50 bits per heavy atom. The standard InChI is InChI=1S/C19H21N5OS/c1-12-5-8-16(9-6-12)20-18(25)15(4)26-19-21-22-23-24(19)17-10-7-13(2)14(3)11-17/h5-11,15H,1-4H3,(H,20,25)/t15-/m0/s1. The molecule has 0 unspecified atom stereocenters. The van der Waals surface area contributed by atoms with Crippen LogP contribution in [-0.2, 0) is 4.79 Å². The number of hydrogen-bond donors (Lipinski definition) is 1. The van der Waals surface area contributed by atoms with E-state index in [1.807, 2.05) is 63.2 Å². The molecule has 0 aliphatic rings. The van der Waals surface area contributed by atoms with E-state index in [-0.39, 0.29) is 11.2 Å². The lowest BCUT2D eigenvalue weighted by molar-refractivity contribution is -0.115. The van der Waals surface area contributed by atoms with Gasteiger partial charge < -0.3 is 5.32 Å². The Bertz CT molecular complexity index is 920. The predicted octanol–water partition coefficient (Wildman–Crippen LogP) is 3.71. The summed E-state index contributed by atoms with van der Waals surface area (Å²) in [6.07, 6.45) is 0. The van der Waals surface area contributed by atoms with Crippen molar-refractivity contribution in [2.24, 2.45) is 0 Å². The number of rotatable bonds is 5. The number of nitrogens with zero attached hydrogens (tertiary/aromatic N) is 4. The van der Waals surface area contributed by atoms with Crippen molar-refractivity contribution in [3.8, 4) is 5.69 Å². The second kappa shape index (κ2) is 7.70. The minimum absolute atomic E-state index is 0.0894. The number of anilines is 1. The van der Waals surface area contributed by atoms with Gasteiger partial charge in [-0.3, -0.25) is 4.79 Å². The van der Waals surface area contributed by atoms with Gasteiger partial charge in [0.1, 0.15) is 0 Å². The van der Waals surface area contributed by atoms with Crippen LogP contribution in [0.1, 0.15) is 23.6 Å². The molecule has 0 bridgehead atoms. The van der Waals surface area contributed by atoms with E-state index < -0.39 is 0 Å². The SMILES string of the molecule is Cc1ccc(NC(=O)[C@H](C)Sc2nnnn2-c2ccc(C)c(C)c2)cc1. The molecular weight excluding hydrogens is 346 g/mol. The lowest BCUT2D eigenvalue weighted by Crippen LogP contribution is -2.22. The Morgan fingerprint density at radius 1 is 1.08 bits per heavy atom. The summed E-state index contributed by atoms with van der Waals surface area (Å²) in [5.74, 6) is -0.0894. The van der Waals surface area contributed by atoms with Crippen LogP contribution in [0.2, 0.25) is 0 Å². The van der Waals surface area contributed by atoms with Gasteiger partial charge >= 0.3 is 0 Å². The Labute approximate surface area is 157 Å². The maximum Gasteiger partial charge on any atom is 0.237 e. The van der Waals surface area contributed by atoms with E-state index in [2.05, 4.69) is 27.8 Å². The summed E-state index contributed by atoms with van der Waals surface area (Å²) in [6.45, 7) is 7.96. The zero-order valence-corrected chi connectivity index (χ0v) is 16.0. The van der Waals surface area contributed by atoms with Crippen molar-refractivity contribution in [3.63, 3.8) is 0 Å². The highest BCUT2D eigenvalue weighted by Crippen LogP contribution is 2.24. The van der Waals surface area contributed by atoms with Crippen molar-refractivity contribution in [1.82, 2.24) is 20.2 Å². The number of aromatic nitrogens is 4. The third kappa shape index (κ3) is 4.11. The number of thioether (sulfide) groups is 1. The summed E-state index contributed by atoms with van der Waals surface area (Å²) in [5.41, 5.74) is 5.19. The molecule has 1 N–H and O–H groups in total. The molecule has 0 saturated heterocycles. The quantitative estimate of drug-likeness (QED) is 0.696. The summed E-state index contributed by atoms with van der Waals surface area (Å²) in [7, 11) is 0. The van der Waals surface area contributed by atoms with E-state index >= 15 is 0 Å². The van der Waals surface area contributed by atoms with Crippen molar-refractivity contribution >= 4 is 23.4 Å². The molecule has 0 saturated carbocycles. The van der Waals surface area contributed by atoms with Crippen molar-refractivity contribution < 1.29 is 4.79 Å². The second-order valence-corrected chi connectivity index (χ2v) is 7.57. The van der Waals surface area contributed by atoms with E-state index in [1.165, 1.54) is 22.9 Å². The molecule has 2 aromatic carbocycles. The van der Waals surface area contributed by atoms with Crippen molar-refractivity contribution in [2.75, 3.05) is 5.32 Å². The number of amides is 1. The van der Waals surface area contributed by atoms with Crippen LogP contribution in [0.15, 0.2) is 47.6 Å². The van der Waals surface area contributed by atoms with Crippen LogP contribution in [-0.4, -0.2) is 31.4 Å². The lowest BCUT2D eigenvalue weighted by atomic mass is 10.1. The van der Waals surface area contributed by atoms with Crippen molar-refractivity contribution in [1.29, 1.82) is 0 Å². The molecule has 3 aromatic rings. The van der Waals surface area contributed by atoms with Crippen LogP contribution < -0.4 is 5.32 Å². The van der Waals surface area contributed by atoms with Gasteiger partial charge in [-0.15, -0.1) is 5.10 Å². The lowest BCUT2D eigenvalue weighted by Gasteiger charge is -2.12. The number of carbonyl (C=O) groups excluding carboxylic acids is 1. The normalized spacial score (nSPS) is 12.0. The van der Waals surface area contributed by atoms with Crippen molar-refractivity contribution in [2.45, 2.75) is 38.1 Å². The number of benzene rings is 2. The first-order chi connectivity index (χ1) is 12.4. The van der Waals surface area contributed by atoms with E-state index in [4.69, 9.17) is 0 Å². The zero-order valence-electron chi connectivity index (χ0n) is 15.2. The Balaban J connectivity index is 1.72. The Morgan fingerprint density at radius 2 is 1.81 bits per heavy atom. The average molecular weight is 367 g/mol. The third-order valence-corrected chi connectivity index (χ3v) is 5.18. The summed E-state index contributed by atoms with van der Waals surface area (Å²) in [4.78, 5) is 12.5. The second-order valence-electron chi connectivity index (χ2n) is 6.26. The van der Waals surface area contributed by atoms with Crippen LogP contribution in [0.25, 0.3) is 5.69 Å². The third-order valence-electron chi connectivity index (χ3n) is 4.15. The first-order valence-electron chi connectivity index (χ1n) is 8.34. The van der Waals surface area contributed by atoms with Gasteiger partial charge in [-0.1, -0.05) is 35.5 Å². The Hall–Kier alpha value is -2.67. The highest BCUT2D eigenvalue weighted by Gasteiger charge is 2.19. The molecule has 0 fully saturated rings. The highest BCUT2D eigenvalue weighted by atomic mass is 32.2. The van der Waals surface area contributed by atoms with Gasteiger partial charge in [0.2, 0.25) is 11.1 Å². The van der Waals surface area contributed by atoms with Gasteiger partial charge in [0.25, 0.3) is 0 Å². The minimum Gasteiger partial charge on any atom is -0.325 e. The smallest absolute Gasteiger partial charge is 0.237 e. The molecule has 7 heteroatoms. The largest absolute Gasteiger partial charge is 0.325 e. The molecule has 6 nitrogen and oxygen atoms in total. The number of tetrazole rings is 1. The summed E-state index contributed by atoms with van der Waals surface area (Å²) < 4.78 is 1.66. The fourth-order valence-corrected chi connectivity index (χ4v) is 3.17. The monoisotopic (exact) mass is 367 g/mol. The van der Waals surface area contributed by atoms with Crippen LogP contribution in [0.5, 0.6) is 0 Å². The highest BCUT2D eigenvalue weighted by molar-refractivity contribution is 8.00. The topological polar surface area (TPSA) is 72.7 Å². The molecule has 0 radical (unpaired) electrons. The molecule has 134 valence electrons. The van der Waals surface area contributed by atoms with Crippen LogP contribution in [0.4, 0.5) is 5.69 Å². The maximum absolute atomic E-state index is 12.5. The molecule has 1 heterocycles. The van der Waals surface area contributed by atoms with Crippen LogP contribution in [0, 0.1) is 20.8 Å². The van der Waals surface area contributed by atoms with E-state index in [0.717, 1.165) is 16.9 Å². The molecule has 1 atom stereocenters. The van der Waals surface area contributed by atoms with Crippen LogP contribution >= 0.6 is 11.8 Å². The molecule has 26 heavy (non-hydrogen) atoms. The van der Waals surface area contributed by atoms with Gasteiger partial charge in [0.05, 0.1) is 10.9 Å². The number of aryl methyl sites for hydroxylation is 3. The first kappa shape index (κ1) is 18.1. The van der Waals surface area contributed by atoms with E-state index in [9.17, 15) is 4.79 Å². The van der Waals surface area contributed by atoms with Gasteiger partial charge in [-0.25, -0.2) is 0 Å². The number of hydrogen-bond acceptors (Lipinski definition) is 5.